The smallest absolute Gasteiger partial charge is 0.0554 e. The van der Waals surface area contributed by atoms with Crippen molar-refractivity contribution < 1.29 is 0 Å². The fourth-order valence-corrected chi connectivity index (χ4v) is 2.64. The summed E-state index contributed by atoms with van der Waals surface area (Å²) >= 11 is 3.56. The highest BCUT2D eigenvalue weighted by Gasteiger charge is 2.13. The molecule has 0 aliphatic carbocycles. The van der Waals surface area contributed by atoms with Gasteiger partial charge >= 0.3 is 0 Å². The van der Waals surface area contributed by atoms with E-state index in [1.165, 1.54) is 27.8 Å². The van der Waals surface area contributed by atoms with Gasteiger partial charge in [-0.25, -0.2) is 0 Å². The molecule has 2 rings (SSSR count). The molecule has 94 valence electrons. The fraction of sp³-hybridized carbons (Fsp3) is 0.250. The Kier molecular flexibility index (Phi) is 3.88. The Labute approximate surface area is 117 Å². The van der Waals surface area contributed by atoms with Gasteiger partial charge < -0.3 is 5.73 Å². The summed E-state index contributed by atoms with van der Waals surface area (Å²) in [4.78, 5) is 0. The highest BCUT2D eigenvalue weighted by Crippen LogP contribution is 2.28. The lowest BCUT2D eigenvalue weighted by molar-refractivity contribution is 0.857. The molecule has 0 saturated carbocycles. The molecule has 1 atom stereocenters. The van der Waals surface area contributed by atoms with E-state index in [2.05, 4.69) is 73.1 Å². The molecule has 1 unspecified atom stereocenters. The molecule has 0 aromatic heterocycles. The molecule has 0 bridgehead atoms. The van der Waals surface area contributed by atoms with Gasteiger partial charge in [-0.15, -0.1) is 0 Å². The van der Waals surface area contributed by atoms with Gasteiger partial charge in [0.15, 0.2) is 0 Å². The Morgan fingerprint density at radius 2 is 1.72 bits per heavy atom. The van der Waals surface area contributed by atoms with Gasteiger partial charge in [-0.1, -0.05) is 51.8 Å². The minimum Gasteiger partial charge on any atom is -0.320 e. The van der Waals surface area contributed by atoms with E-state index in [-0.39, 0.29) is 6.04 Å². The molecule has 0 spiro atoms. The molecule has 2 aromatic rings. The van der Waals surface area contributed by atoms with Crippen molar-refractivity contribution in [3.05, 3.63) is 68.7 Å². The van der Waals surface area contributed by atoms with Crippen molar-refractivity contribution in [3.8, 4) is 0 Å². The number of hydrogen-bond donors (Lipinski definition) is 1. The Bertz CT molecular complexity index is 575. The zero-order valence-electron chi connectivity index (χ0n) is 11.0. The number of aryl methyl sites for hydroxylation is 3. The van der Waals surface area contributed by atoms with E-state index in [4.69, 9.17) is 5.73 Å². The third-order valence-electron chi connectivity index (χ3n) is 3.28. The summed E-state index contributed by atoms with van der Waals surface area (Å²) in [6, 6.07) is 12.7. The van der Waals surface area contributed by atoms with E-state index in [9.17, 15) is 0 Å². The second-order valence-electron chi connectivity index (χ2n) is 4.85. The van der Waals surface area contributed by atoms with Gasteiger partial charge in [0, 0.05) is 4.47 Å². The molecular formula is C16H18BrN. The Morgan fingerprint density at radius 3 is 2.39 bits per heavy atom. The van der Waals surface area contributed by atoms with E-state index in [1.54, 1.807) is 0 Å². The average Bonchev–Trinajstić information content (AvgIpc) is 2.33. The van der Waals surface area contributed by atoms with Crippen molar-refractivity contribution >= 4 is 15.9 Å². The molecular weight excluding hydrogens is 286 g/mol. The van der Waals surface area contributed by atoms with Gasteiger partial charge in [-0.3, -0.25) is 0 Å². The summed E-state index contributed by atoms with van der Waals surface area (Å²) in [5.41, 5.74) is 12.4. The van der Waals surface area contributed by atoms with Gasteiger partial charge in [0.1, 0.15) is 0 Å². The van der Waals surface area contributed by atoms with Crippen LogP contribution in [0.25, 0.3) is 0 Å². The van der Waals surface area contributed by atoms with Crippen LogP contribution in [0.4, 0.5) is 0 Å². The maximum Gasteiger partial charge on any atom is 0.0554 e. The number of benzene rings is 2. The lowest BCUT2D eigenvalue weighted by Gasteiger charge is -2.17. The summed E-state index contributed by atoms with van der Waals surface area (Å²) in [6.07, 6.45) is 0. The Morgan fingerprint density at radius 1 is 1.00 bits per heavy atom. The minimum atomic E-state index is -0.0586. The molecule has 0 heterocycles. The second-order valence-corrected chi connectivity index (χ2v) is 5.70. The first kappa shape index (κ1) is 13.3. The SMILES string of the molecule is Cc1cccc(C(N)c2cc(C)c(Br)cc2C)c1. The fourth-order valence-electron chi connectivity index (χ4n) is 2.18. The molecule has 2 aromatic carbocycles. The van der Waals surface area contributed by atoms with E-state index in [0.717, 1.165) is 4.47 Å². The minimum absolute atomic E-state index is 0.0586. The van der Waals surface area contributed by atoms with Crippen LogP contribution < -0.4 is 5.73 Å². The monoisotopic (exact) mass is 303 g/mol. The number of nitrogens with two attached hydrogens (primary N) is 1. The molecule has 1 nitrogen and oxygen atoms in total. The molecule has 0 saturated heterocycles. The predicted octanol–water partition coefficient (Wildman–Crippen LogP) is 4.42. The van der Waals surface area contributed by atoms with E-state index >= 15 is 0 Å². The van der Waals surface area contributed by atoms with Crippen molar-refractivity contribution in [2.24, 2.45) is 5.73 Å². The van der Waals surface area contributed by atoms with E-state index in [1.807, 2.05) is 0 Å². The Hall–Kier alpha value is -1.12. The zero-order chi connectivity index (χ0) is 13.3. The van der Waals surface area contributed by atoms with Crippen molar-refractivity contribution in [3.63, 3.8) is 0 Å². The van der Waals surface area contributed by atoms with Crippen LogP contribution >= 0.6 is 15.9 Å². The number of hydrogen-bond acceptors (Lipinski definition) is 1. The Balaban J connectivity index is 2.46. The van der Waals surface area contributed by atoms with Crippen molar-refractivity contribution in [1.82, 2.24) is 0 Å². The van der Waals surface area contributed by atoms with Crippen LogP contribution in [0.1, 0.15) is 33.9 Å². The van der Waals surface area contributed by atoms with Crippen LogP contribution in [-0.2, 0) is 0 Å². The molecule has 0 fully saturated rings. The largest absolute Gasteiger partial charge is 0.320 e. The van der Waals surface area contributed by atoms with Crippen molar-refractivity contribution in [1.29, 1.82) is 0 Å². The maximum atomic E-state index is 6.39. The summed E-state index contributed by atoms with van der Waals surface area (Å²) in [5.74, 6) is 0. The van der Waals surface area contributed by atoms with Crippen LogP contribution in [0, 0.1) is 20.8 Å². The molecule has 0 radical (unpaired) electrons. The van der Waals surface area contributed by atoms with Crippen molar-refractivity contribution in [2.75, 3.05) is 0 Å². The topological polar surface area (TPSA) is 26.0 Å². The standard InChI is InChI=1S/C16H18BrN/c1-10-5-4-6-13(7-10)16(18)14-8-12(3)15(17)9-11(14)2/h4-9,16H,18H2,1-3H3. The first-order chi connectivity index (χ1) is 8.49. The normalized spacial score (nSPS) is 12.5. The second kappa shape index (κ2) is 5.25. The first-order valence-corrected chi connectivity index (χ1v) is 6.87. The van der Waals surface area contributed by atoms with Crippen LogP contribution in [-0.4, -0.2) is 0 Å². The lowest BCUT2D eigenvalue weighted by Crippen LogP contribution is -2.13. The zero-order valence-corrected chi connectivity index (χ0v) is 12.6. The van der Waals surface area contributed by atoms with Crippen LogP contribution in [0.2, 0.25) is 0 Å². The summed E-state index contributed by atoms with van der Waals surface area (Å²) < 4.78 is 1.14. The average molecular weight is 304 g/mol. The third kappa shape index (κ3) is 2.65. The first-order valence-electron chi connectivity index (χ1n) is 6.08. The van der Waals surface area contributed by atoms with Crippen LogP contribution in [0.5, 0.6) is 0 Å². The maximum absolute atomic E-state index is 6.39. The summed E-state index contributed by atoms with van der Waals surface area (Å²) in [6.45, 7) is 6.29. The highest BCUT2D eigenvalue weighted by molar-refractivity contribution is 9.10. The van der Waals surface area contributed by atoms with Gasteiger partial charge in [-0.05, 0) is 49.1 Å². The summed E-state index contributed by atoms with van der Waals surface area (Å²) in [7, 11) is 0. The predicted molar refractivity (Wildman–Crippen MR) is 80.8 cm³/mol. The van der Waals surface area contributed by atoms with E-state index in [0.29, 0.717) is 0 Å². The van der Waals surface area contributed by atoms with Crippen LogP contribution in [0.15, 0.2) is 40.9 Å². The van der Waals surface area contributed by atoms with Gasteiger partial charge in [0.2, 0.25) is 0 Å². The van der Waals surface area contributed by atoms with Crippen LogP contribution in [0.3, 0.4) is 0 Å². The molecule has 0 aliphatic rings. The van der Waals surface area contributed by atoms with Gasteiger partial charge in [-0.2, -0.15) is 0 Å². The summed E-state index contributed by atoms with van der Waals surface area (Å²) in [5, 5.41) is 0. The molecule has 0 aliphatic heterocycles. The molecule has 18 heavy (non-hydrogen) atoms. The lowest BCUT2D eigenvalue weighted by atomic mass is 9.93. The molecule has 2 heteroatoms. The van der Waals surface area contributed by atoms with E-state index < -0.39 is 0 Å². The van der Waals surface area contributed by atoms with Gasteiger partial charge in [0.05, 0.1) is 6.04 Å². The van der Waals surface area contributed by atoms with Crippen molar-refractivity contribution in [2.45, 2.75) is 26.8 Å². The highest BCUT2D eigenvalue weighted by atomic mass is 79.9. The third-order valence-corrected chi connectivity index (χ3v) is 4.14. The number of halogens is 1. The molecule has 0 amide bonds. The molecule has 2 N–H and O–H groups in total. The quantitative estimate of drug-likeness (QED) is 0.873. The van der Waals surface area contributed by atoms with Gasteiger partial charge in [0.25, 0.3) is 0 Å². The number of rotatable bonds is 2.